The van der Waals surface area contributed by atoms with E-state index in [1.807, 2.05) is 0 Å². The number of amides is 1. The molecule has 0 aliphatic carbocycles. The molecule has 0 unspecified atom stereocenters. The molecule has 0 fully saturated rings. The van der Waals surface area contributed by atoms with Gasteiger partial charge in [0, 0.05) is 0 Å². The van der Waals surface area contributed by atoms with Crippen LogP contribution in [0.4, 0.5) is 13.6 Å². The first kappa shape index (κ1) is 21.6. The zero-order chi connectivity index (χ0) is 18.4. The van der Waals surface area contributed by atoms with Crippen molar-refractivity contribution in [1.82, 2.24) is 5.32 Å². The summed E-state index contributed by atoms with van der Waals surface area (Å²) < 4.78 is 37.2. The standard InChI is InChI=1S/C15H27F2NO5/c1-7-22-12(20)15(16,17)11(19)10(8-9(2)3)18-13(21)23-14(4,5)6/h9-11,19H,7-8H2,1-6H3,(H,18,21)/t10-,11+/m0/s1. The average Bonchev–Trinajstić information content (AvgIpc) is 2.34. The molecule has 0 rings (SSSR count). The zero-order valence-corrected chi connectivity index (χ0v) is 14.5. The van der Waals surface area contributed by atoms with Gasteiger partial charge in [-0.15, -0.1) is 0 Å². The van der Waals surface area contributed by atoms with Gasteiger partial charge in [0.2, 0.25) is 0 Å². The number of nitrogens with one attached hydrogen (secondary N) is 1. The van der Waals surface area contributed by atoms with Gasteiger partial charge in [-0.3, -0.25) is 0 Å². The monoisotopic (exact) mass is 339 g/mol. The van der Waals surface area contributed by atoms with Crippen LogP contribution in [0.2, 0.25) is 0 Å². The van der Waals surface area contributed by atoms with Crippen molar-refractivity contribution in [1.29, 1.82) is 0 Å². The van der Waals surface area contributed by atoms with Gasteiger partial charge in [0.1, 0.15) is 11.7 Å². The zero-order valence-electron chi connectivity index (χ0n) is 14.5. The molecule has 0 heterocycles. The molecule has 8 heteroatoms. The lowest BCUT2D eigenvalue weighted by Gasteiger charge is -2.30. The number of ether oxygens (including phenoxy) is 2. The number of carbonyl (C=O) groups excluding carboxylic acids is 2. The third-order valence-electron chi connectivity index (χ3n) is 2.73. The lowest BCUT2D eigenvalue weighted by Crippen LogP contribution is -2.56. The van der Waals surface area contributed by atoms with E-state index in [1.54, 1.807) is 34.6 Å². The first-order chi connectivity index (χ1) is 10.3. The molecule has 6 nitrogen and oxygen atoms in total. The normalized spacial score (nSPS) is 15.0. The average molecular weight is 339 g/mol. The Morgan fingerprint density at radius 2 is 1.74 bits per heavy atom. The fraction of sp³-hybridized carbons (Fsp3) is 0.867. The summed E-state index contributed by atoms with van der Waals surface area (Å²) in [6.45, 7) is 9.47. The maximum atomic E-state index is 14.0. The highest BCUT2D eigenvalue weighted by molar-refractivity contribution is 5.78. The van der Waals surface area contributed by atoms with Crippen molar-refractivity contribution in [2.75, 3.05) is 6.61 Å². The number of esters is 1. The summed E-state index contributed by atoms with van der Waals surface area (Å²) in [7, 11) is 0. The van der Waals surface area contributed by atoms with Crippen LogP contribution in [0.1, 0.15) is 48.0 Å². The maximum absolute atomic E-state index is 14.0. The van der Waals surface area contributed by atoms with Gasteiger partial charge in [0.05, 0.1) is 12.6 Å². The van der Waals surface area contributed by atoms with Crippen molar-refractivity contribution < 1.29 is 33.0 Å². The van der Waals surface area contributed by atoms with Gasteiger partial charge >= 0.3 is 18.0 Å². The van der Waals surface area contributed by atoms with Crippen LogP contribution in [0.15, 0.2) is 0 Å². The summed E-state index contributed by atoms with van der Waals surface area (Å²) in [6, 6.07) is -1.36. The molecular weight excluding hydrogens is 312 g/mol. The van der Waals surface area contributed by atoms with Crippen LogP contribution in [-0.2, 0) is 14.3 Å². The molecule has 0 aromatic rings. The molecule has 0 aromatic carbocycles. The summed E-state index contributed by atoms with van der Waals surface area (Å²) in [6.07, 6.45) is -3.33. The molecule has 0 radical (unpaired) electrons. The number of alkyl halides is 2. The van der Waals surface area contributed by atoms with Crippen LogP contribution in [0.3, 0.4) is 0 Å². The second-order valence-corrected chi connectivity index (χ2v) is 6.67. The van der Waals surface area contributed by atoms with E-state index in [2.05, 4.69) is 10.1 Å². The molecule has 2 N–H and O–H groups in total. The van der Waals surface area contributed by atoms with Crippen molar-refractivity contribution in [3.8, 4) is 0 Å². The fourth-order valence-corrected chi connectivity index (χ4v) is 1.83. The topological polar surface area (TPSA) is 84.9 Å². The van der Waals surface area contributed by atoms with Gasteiger partial charge in [-0.25, -0.2) is 9.59 Å². The largest absolute Gasteiger partial charge is 0.461 e. The smallest absolute Gasteiger partial charge is 0.407 e. The Labute approximate surface area is 135 Å². The summed E-state index contributed by atoms with van der Waals surface area (Å²) in [5.41, 5.74) is -0.818. The van der Waals surface area contributed by atoms with E-state index in [0.717, 1.165) is 0 Å². The molecule has 0 saturated heterocycles. The van der Waals surface area contributed by atoms with E-state index in [4.69, 9.17) is 4.74 Å². The van der Waals surface area contributed by atoms with E-state index >= 15 is 0 Å². The van der Waals surface area contributed by atoms with Crippen LogP contribution in [0.25, 0.3) is 0 Å². The lowest BCUT2D eigenvalue weighted by molar-refractivity contribution is -0.191. The number of hydrogen-bond donors (Lipinski definition) is 2. The highest BCUT2D eigenvalue weighted by Crippen LogP contribution is 2.26. The number of rotatable bonds is 7. The number of halogens is 2. The third kappa shape index (κ3) is 7.58. The molecular formula is C15H27F2NO5. The summed E-state index contributed by atoms with van der Waals surface area (Å²) in [4.78, 5) is 23.1. The molecule has 136 valence electrons. The predicted octanol–water partition coefficient (Wildman–Crippen LogP) is 2.49. The Kier molecular flexibility index (Phi) is 7.90. The van der Waals surface area contributed by atoms with Crippen LogP contribution < -0.4 is 5.32 Å². The highest BCUT2D eigenvalue weighted by atomic mass is 19.3. The molecule has 1 amide bonds. The lowest BCUT2D eigenvalue weighted by atomic mass is 9.95. The summed E-state index contributed by atoms with van der Waals surface area (Å²) >= 11 is 0. The quantitative estimate of drug-likeness (QED) is 0.696. The molecule has 0 bridgehead atoms. The number of aliphatic hydroxyl groups is 1. The minimum Gasteiger partial charge on any atom is -0.461 e. The minimum absolute atomic E-state index is 0.0371. The first-order valence-electron chi connectivity index (χ1n) is 7.53. The predicted molar refractivity (Wildman–Crippen MR) is 80.2 cm³/mol. The highest BCUT2D eigenvalue weighted by Gasteiger charge is 2.52. The Balaban J connectivity index is 5.15. The molecule has 0 saturated carbocycles. The Morgan fingerprint density at radius 1 is 1.22 bits per heavy atom. The summed E-state index contributed by atoms with van der Waals surface area (Å²) in [5.74, 6) is -6.07. The van der Waals surface area contributed by atoms with Gasteiger partial charge < -0.3 is 19.9 Å². The van der Waals surface area contributed by atoms with Crippen molar-refractivity contribution in [2.45, 2.75) is 71.6 Å². The van der Waals surface area contributed by atoms with Crippen LogP contribution in [0, 0.1) is 5.92 Å². The van der Waals surface area contributed by atoms with E-state index < -0.39 is 35.7 Å². The minimum atomic E-state index is -4.13. The Morgan fingerprint density at radius 3 is 2.13 bits per heavy atom. The van der Waals surface area contributed by atoms with Crippen LogP contribution in [-0.4, -0.2) is 47.4 Å². The van der Waals surface area contributed by atoms with Crippen LogP contribution in [0.5, 0.6) is 0 Å². The second-order valence-electron chi connectivity index (χ2n) is 6.67. The number of hydrogen-bond acceptors (Lipinski definition) is 5. The number of carbonyl (C=O) groups is 2. The van der Waals surface area contributed by atoms with E-state index in [0.29, 0.717) is 0 Å². The molecule has 2 atom stereocenters. The van der Waals surface area contributed by atoms with E-state index in [-0.39, 0.29) is 18.9 Å². The number of alkyl carbamates (subject to hydrolysis) is 1. The van der Waals surface area contributed by atoms with Crippen molar-refractivity contribution in [2.24, 2.45) is 5.92 Å². The molecule has 0 aliphatic heterocycles. The van der Waals surface area contributed by atoms with Gasteiger partial charge in [0.15, 0.2) is 0 Å². The molecule has 0 aromatic heterocycles. The van der Waals surface area contributed by atoms with Gasteiger partial charge in [-0.05, 0) is 40.0 Å². The van der Waals surface area contributed by atoms with Gasteiger partial charge in [-0.2, -0.15) is 8.78 Å². The molecule has 0 spiro atoms. The fourth-order valence-electron chi connectivity index (χ4n) is 1.83. The Hall–Kier alpha value is -1.44. The SMILES string of the molecule is CCOC(=O)C(F)(F)[C@H](O)[C@H](CC(C)C)NC(=O)OC(C)(C)C. The van der Waals surface area contributed by atoms with Crippen molar-refractivity contribution in [3.05, 3.63) is 0 Å². The maximum Gasteiger partial charge on any atom is 0.407 e. The van der Waals surface area contributed by atoms with Crippen molar-refractivity contribution in [3.63, 3.8) is 0 Å². The van der Waals surface area contributed by atoms with E-state index in [9.17, 15) is 23.5 Å². The number of aliphatic hydroxyl groups excluding tert-OH is 1. The van der Waals surface area contributed by atoms with Gasteiger partial charge in [-0.1, -0.05) is 13.8 Å². The molecule has 23 heavy (non-hydrogen) atoms. The summed E-state index contributed by atoms with van der Waals surface area (Å²) in [5, 5.41) is 12.1. The van der Waals surface area contributed by atoms with E-state index in [1.165, 1.54) is 6.92 Å². The third-order valence-corrected chi connectivity index (χ3v) is 2.73. The first-order valence-corrected chi connectivity index (χ1v) is 7.53. The second kappa shape index (κ2) is 8.42. The van der Waals surface area contributed by atoms with Crippen molar-refractivity contribution >= 4 is 12.1 Å². The van der Waals surface area contributed by atoms with Crippen LogP contribution >= 0.6 is 0 Å². The molecule has 0 aliphatic rings. The Bertz CT molecular complexity index is 407. The van der Waals surface area contributed by atoms with Gasteiger partial charge in [0.25, 0.3) is 0 Å².